The fraction of sp³-hybridized carbons (Fsp3) is 0.548. The van der Waals surface area contributed by atoms with Crippen LogP contribution in [-0.4, -0.2) is 25.2 Å². The second-order valence-electron chi connectivity index (χ2n) is 9.56. The van der Waals surface area contributed by atoms with Gasteiger partial charge in [-0.3, -0.25) is 0 Å². The molecule has 1 aromatic rings. The fourth-order valence-corrected chi connectivity index (χ4v) is 4.90. The van der Waals surface area contributed by atoms with E-state index in [0.29, 0.717) is 23.6 Å². The Bertz CT molecular complexity index is 950. The second kappa shape index (κ2) is 16.7. The van der Waals surface area contributed by atoms with Crippen LogP contribution in [0.15, 0.2) is 60.0 Å². The quantitative estimate of drug-likeness (QED) is 0.0979. The molecule has 0 aliphatic carbocycles. The fourth-order valence-electron chi connectivity index (χ4n) is 4.90. The van der Waals surface area contributed by atoms with Crippen LogP contribution in [-0.2, 0) is 14.3 Å². The van der Waals surface area contributed by atoms with E-state index in [1.807, 2.05) is 31.2 Å². The van der Waals surface area contributed by atoms with E-state index in [0.717, 1.165) is 30.4 Å². The Labute approximate surface area is 223 Å². The van der Waals surface area contributed by atoms with Crippen LogP contribution in [0.4, 0.5) is 4.79 Å². The van der Waals surface area contributed by atoms with Gasteiger partial charge in [-0.25, -0.2) is 9.59 Å². The number of unbranched alkanes of at least 4 members (excludes halogenated alkanes) is 6. The van der Waals surface area contributed by atoms with Gasteiger partial charge in [0.1, 0.15) is 5.76 Å². The van der Waals surface area contributed by atoms with Gasteiger partial charge >= 0.3 is 12.0 Å². The standard InChI is InChI=1S/C31H46N2O4/c1-6-9-10-11-12-13-14-19-25(20-17-18-23(4)36-7-2)26-21-15-16-22-27(26)29-28(30(34)37-8-3)24(5)32-31(35)33-29/h15-18,21-22,25,29H,4,6-14,19-20H2,1-3,5H3,(H2,32,33,35). The molecule has 37 heavy (non-hydrogen) atoms. The van der Waals surface area contributed by atoms with E-state index in [9.17, 15) is 9.59 Å². The maximum Gasteiger partial charge on any atom is 0.338 e. The Morgan fingerprint density at radius 3 is 2.41 bits per heavy atom. The molecular weight excluding hydrogens is 464 g/mol. The highest BCUT2D eigenvalue weighted by Gasteiger charge is 2.34. The van der Waals surface area contributed by atoms with Gasteiger partial charge in [0.2, 0.25) is 0 Å². The molecule has 0 aromatic heterocycles. The number of carbonyl (C=O) groups is 2. The van der Waals surface area contributed by atoms with Crippen molar-refractivity contribution in [3.63, 3.8) is 0 Å². The number of allylic oxidation sites excluding steroid dienone is 3. The van der Waals surface area contributed by atoms with Crippen LogP contribution in [0.25, 0.3) is 0 Å². The van der Waals surface area contributed by atoms with Gasteiger partial charge in [-0.05, 0) is 56.7 Å². The van der Waals surface area contributed by atoms with Crippen LogP contribution in [0.3, 0.4) is 0 Å². The van der Waals surface area contributed by atoms with Gasteiger partial charge in [0.15, 0.2) is 0 Å². The van der Waals surface area contributed by atoms with Gasteiger partial charge in [-0.1, -0.05) is 88.8 Å². The Morgan fingerprint density at radius 1 is 1.03 bits per heavy atom. The predicted octanol–water partition coefficient (Wildman–Crippen LogP) is 7.60. The van der Waals surface area contributed by atoms with Crippen LogP contribution in [0.5, 0.6) is 0 Å². The highest BCUT2D eigenvalue weighted by Crippen LogP contribution is 2.36. The topological polar surface area (TPSA) is 76.7 Å². The number of urea groups is 1. The molecule has 1 aliphatic heterocycles. The summed E-state index contributed by atoms with van der Waals surface area (Å²) in [5, 5.41) is 5.71. The number of nitrogens with one attached hydrogen (secondary N) is 2. The van der Waals surface area contributed by atoms with Crippen LogP contribution in [0, 0.1) is 0 Å². The highest BCUT2D eigenvalue weighted by atomic mass is 16.5. The Balaban J connectivity index is 2.32. The SMILES string of the molecule is C=C(C=CCC(CCCCCCCCC)c1ccccc1C1NC(=O)NC(C)=C1C(=O)OCC)OCC. The summed E-state index contributed by atoms with van der Waals surface area (Å²) in [4.78, 5) is 25.3. The molecule has 0 fully saturated rings. The molecule has 0 radical (unpaired) electrons. The van der Waals surface area contributed by atoms with Gasteiger partial charge < -0.3 is 20.1 Å². The number of amides is 2. The molecule has 0 bridgehead atoms. The molecule has 2 atom stereocenters. The number of hydrogen-bond acceptors (Lipinski definition) is 4. The van der Waals surface area contributed by atoms with E-state index < -0.39 is 12.0 Å². The molecule has 0 saturated carbocycles. The molecule has 204 valence electrons. The van der Waals surface area contributed by atoms with E-state index in [-0.39, 0.29) is 18.6 Å². The van der Waals surface area contributed by atoms with Gasteiger partial charge in [0.05, 0.1) is 24.8 Å². The van der Waals surface area contributed by atoms with Crippen molar-refractivity contribution in [1.82, 2.24) is 10.6 Å². The number of rotatable bonds is 17. The van der Waals surface area contributed by atoms with Crippen molar-refractivity contribution < 1.29 is 19.1 Å². The van der Waals surface area contributed by atoms with Gasteiger partial charge in [-0.2, -0.15) is 0 Å². The molecule has 1 aliphatic rings. The zero-order valence-electron chi connectivity index (χ0n) is 23.2. The van der Waals surface area contributed by atoms with Crippen LogP contribution < -0.4 is 10.6 Å². The zero-order chi connectivity index (χ0) is 27.0. The lowest BCUT2D eigenvalue weighted by Gasteiger charge is -2.31. The van der Waals surface area contributed by atoms with E-state index in [1.165, 1.54) is 38.5 Å². The van der Waals surface area contributed by atoms with E-state index in [2.05, 4.69) is 36.3 Å². The lowest BCUT2D eigenvalue weighted by atomic mass is 9.82. The maximum atomic E-state index is 12.9. The third-order valence-electron chi connectivity index (χ3n) is 6.72. The summed E-state index contributed by atoms with van der Waals surface area (Å²) in [6.45, 7) is 12.5. The first-order chi connectivity index (χ1) is 17.9. The molecule has 2 amide bonds. The summed E-state index contributed by atoms with van der Waals surface area (Å²) >= 11 is 0. The molecule has 0 spiro atoms. The summed E-state index contributed by atoms with van der Waals surface area (Å²) in [6.07, 6.45) is 14.6. The summed E-state index contributed by atoms with van der Waals surface area (Å²) in [5.74, 6) is 0.469. The first kappa shape index (κ1) is 30.2. The van der Waals surface area contributed by atoms with Crippen molar-refractivity contribution in [1.29, 1.82) is 0 Å². The molecule has 2 N–H and O–H groups in total. The average molecular weight is 511 g/mol. The molecule has 2 rings (SSSR count). The third kappa shape index (κ3) is 9.75. The molecule has 6 nitrogen and oxygen atoms in total. The lowest BCUT2D eigenvalue weighted by molar-refractivity contribution is -0.139. The van der Waals surface area contributed by atoms with Crippen molar-refractivity contribution in [2.24, 2.45) is 0 Å². The number of esters is 1. The molecule has 6 heteroatoms. The first-order valence-electron chi connectivity index (χ1n) is 13.9. The minimum Gasteiger partial charge on any atom is -0.495 e. The van der Waals surface area contributed by atoms with E-state index in [4.69, 9.17) is 9.47 Å². The maximum absolute atomic E-state index is 12.9. The van der Waals surface area contributed by atoms with Gasteiger partial charge in [-0.15, -0.1) is 0 Å². The third-order valence-corrected chi connectivity index (χ3v) is 6.72. The van der Waals surface area contributed by atoms with E-state index >= 15 is 0 Å². The minimum absolute atomic E-state index is 0.230. The van der Waals surface area contributed by atoms with Crippen molar-refractivity contribution in [3.05, 3.63) is 71.2 Å². The average Bonchev–Trinajstić information content (AvgIpc) is 2.87. The molecule has 2 unspecified atom stereocenters. The second-order valence-corrected chi connectivity index (χ2v) is 9.56. The Kier molecular flexibility index (Phi) is 13.6. The first-order valence-corrected chi connectivity index (χ1v) is 13.9. The predicted molar refractivity (Wildman–Crippen MR) is 150 cm³/mol. The van der Waals surface area contributed by atoms with Crippen molar-refractivity contribution >= 4 is 12.0 Å². The minimum atomic E-state index is -0.567. The molecule has 1 aromatic carbocycles. The highest BCUT2D eigenvalue weighted by molar-refractivity contribution is 5.95. The Hall–Kier alpha value is -3.02. The number of carbonyl (C=O) groups excluding carboxylic acids is 2. The normalized spacial score (nSPS) is 16.3. The summed E-state index contributed by atoms with van der Waals surface area (Å²) in [7, 11) is 0. The lowest BCUT2D eigenvalue weighted by Crippen LogP contribution is -2.45. The Morgan fingerprint density at radius 2 is 1.70 bits per heavy atom. The molecule has 0 saturated heterocycles. The number of hydrogen-bond donors (Lipinski definition) is 2. The summed E-state index contributed by atoms with van der Waals surface area (Å²) in [6, 6.07) is 7.24. The van der Waals surface area contributed by atoms with Gasteiger partial charge in [0, 0.05) is 5.70 Å². The monoisotopic (exact) mass is 510 g/mol. The van der Waals surface area contributed by atoms with E-state index in [1.54, 1.807) is 13.8 Å². The van der Waals surface area contributed by atoms with Gasteiger partial charge in [0.25, 0.3) is 0 Å². The van der Waals surface area contributed by atoms with Crippen molar-refractivity contribution in [2.75, 3.05) is 13.2 Å². The molecular formula is C31H46N2O4. The summed E-state index contributed by atoms with van der Waals surface area (Å²) < 4.78 is 10.8. The van der Waals surface area contributed by atoms with Crippen LogP contribution in [0.2, 0.25) is 0 Å². The number of ether oxygens (including phenoxy) is 2. The smallest absolute Gasteiger partial charge is 0.338 e. The van der Waals surface area contributed by atoms with Crippen molar-refractivity contribution in [2.45, 2.75) is 97.4 Å². The molecule has 1 heterocycles. The largest absolute Gasteiger partial charge is 0.495 e. The van der Waals surface area contributed by atoms with Crippen molar-refractivity contribution in [3.8, 4) is 0 Å². The van der Waals surface area contributed by atoms with Crippen LogP contribution in [0.1, 0.15) is 109 Å². The zero-order valence-corrected chi connectivity index (χ0v) is 23.2. The summed E-state index contributed by atoms with van der Waals surface area (Å²) in [5.41, 5.74) is 3.05. The number of benzene rings is 1. The van der Waals surface area contributed by atoms with Crippen LogP contribution >= 0.6 is 0 Å².